The van der Waals surface area contributed by atoms with Crippen LogP contribution >= 0.6 is 0 Å². The zero-order chi connectivity index (χ0) is 36.6. The Labute approximate surface area is 298 Å². The first-order valence-electron chi connectivity index (χ1n) is 17.6. The number of alkyl carbamates (subject to hydrolysis) is 1. The van der Waals surface area contributed by atoms with E-state index in [1.54, 1.807) is 40.1 Å². The van der Waals surface area contributed by atoms with Gasteiger partial charge in [0.15, 0.2) is 0 Å². The Morgan fingerprint density at radius 2 is 1.86 bits per heavy atom. The summed E-state index contributed by atoms with van der Waals surface area (Å²) in [6, 6.07) is 5.19. The number of hydrogen-bond acceptors (Lipinski definition) is 10. The predicted octanol–water partition coefficient (Wildman–Crippen LogP) is 3.49. The maximum absolute atomic E-state index is 14.4. The molecule has 4 aliphatic rings. The lowest BCUT2D eigenvalue weighted by molar-refractivity contribution is -0.141. The van der Waals surface area contributed by atoms with Crippen LogP contribution in [0, 0.1) is 5.92 Å². The number of allylic oxidation sites excluding steroid dienone is 1. The average molecular weight is 726 g/mol. The van der Waals surface area contributed by atoms with E-state index in [1.807, 2.05) is 30.4 Å². The molecule has 4 amide bonds. The first-order chi connectivity index (χ1) is 24.2. The van der Waals surface area contributed by atoms with Gasteiger partial charge in [0, 0.05) is 23.9 Å². The number of nitrogens with one attached hydrogen (secondary N) is 3. The van der Waals surface area contributed by atoms with E-state index in [-0.39, 0.29) is 19.4 Å². The van der Waals surface area contributed by atoms with Gasteiger partial charge in [-0.3, -0.25) is 19.1 Å². The summed E-state index contributed by atoms with van der Waals surface area (Å²) in [4.78, 5) is 61.1. The van der Waals surface area contributed by atoms with Crippen molar-refractivity contribution in [2.45, 2.75) is 113 Å². The molecule has 3 heterocycles. The minimum Gasteiger partial charge on any atom is -0.497 e. The van der Waals surface area contributed by atoms with Crippen LogP contribution < -0.4 is 24.8 Å². The van der Waals surface area contributed by atoms with Crippen LogP contribution in [0.25, 0.3) is 10.8 Å². The molecule has 0 spiro atoms. The van der Waals surface area contributed by atoms with Crippen molar-refractivity contribution < 1.29 is 41.8 Å². The zero-order valence-electron chi connectivity index (χ0n) is 29.5. The van der Waals surface area contributed by atoms with Crippen molar-refractivity contribution >= 4 is 44.6 Å². The highest BCUT2D eigenvalue weighted by molar-refractivity contribution is 7.91. The summed E-state index contributed by atoms with van der Waals surface area (Å²) in [5, 5.41) is 6.51. The van der Waals surface area contributed by atoms with Gasteiger partial charge in [0.05, 0.1) is 18.9 Å². The van der Waals surface area contributed by atoms with E-state index in [2.05, 4.69) is 20.3 Å². The standard InChI is InChI=1S/C36H47N5O9S/c1-35(2,3)50-34(45)38-28-11-9-7-5-6-8-10-23-20-36(23,33(44)40-51(46,47)26-13-14-26)39-30(42)29-19-25(21-41(29)32(28)43)49-31-27-15-12-24(48-4)18-22(27)16-17-37-31/h8,10,12,15-18,23,25-26,28-29H,5-7,9,11,13-14,19-21H2,1-4H3,(H,38,45)(H,39,42)(H,40,44)/t23?,25-,28+,29+,36-/m1/s1. The Balaban J connectivity index is 1.30. The van der Waals surface area contributed by atoms with Crippen LogP contribution in [0.1, 0.15) is 78.6 Å². The highest BCUT2D eigenvalue weighted by Crippen LogP contribution is 2.46. The number of benzene rings is 1. The van der Waals surface area contributed by atoms with Crippen LogP contribution in [-0.2, 0) is 29.1 Å². The summed E-state index contributed by atoms with van der Waals surface area (Å²) >= 11 is 0. The van der Waals surface area contributed by atoms with Crippen molar-refractivity contribution in [3.05, 3.63) is 42.6 Å². The van der Waals surface area contributed by atoms with Gasteiger partial charge in [0.1, 0.15) is 35.1 Å². The highest BCUT2D eigenvalue weighted by Gasteiger charge is 2.62. The molecule has 0 bridgehead atoms. The molecule has 5 atom stereocenters. The van der Waals surface area contributed by atoms with Crippen molar-refractivity contribution in [1.29, 1.82) is 0 Å². The van der Waals surface area contributed by atoms with Crippen LogP contribution in [-0.4, -0.2) is 90.3 Å². The summed E-state index contributed by atoms with van der Waals surface area (Å²) < 4.78 is 45.0. The highest BCUT2D eigenvalue weighted by atomic mass is 32.2. The number of hydrogen-bond donors (Lipinski definition) is 3. The fraction of sp³-hybridized carbons (Fsp3) is 0.583. The van der Waals surface area contributed by atoms with Crippen molar-refractivity contribution in [3.8, 4) is 11.6 Å². The van der Waals surface area contributed by atoms with Gasteiger partial charge in [0.2, 0.25) is 27.7 Å². The molecule has 1 unspecified atom stereocenters. The molecular weight excluding hydrogens is 678 g/mol. The van der Waals surface area contributed by atoms with Crippen LogP contribution in [0.4, 0.5) is 4.79 Å². The summed E-state index contributed by atoms with van der Waals surface area (Å²) in [5.74, 6) is -1.34. The second-order valence-corrected chi connectivity index (χ2v) is 16.9. The molecule has 2 aliphatic heterocycles. The molecule has 1 aromatic carbocycles. The predicted molar refractivity (Wildman–Crippen MR) is 187 cm³/mol. The summed E-state index contributed by atoms with van der Waals surface area (Å²) in [6.07, 6.45) is 8.41. The van der Waals surface area contributed by atoms with Gasteiger partial charge in [0.25, 0.3) is 5.91 Å². The third-order valence-electron chi connectivity index (χ3n) is 9.75. The molecule has 51 heavy (non-hydrogen) atoms. The van der Waals surface area contributed by atoms with E-state index in [4.69, 9.17) is 14.2 Å². The topological polar surface area (TPSA) is 182 Å². The number of pyridine rings is 1. The average Bonchev–Trinajstić information content (AvgIpc) is 3.99. The lowest BCUT2D eigenvalue weighted by Crippen LogP contribution is -2.58. The zero-order valence-corrected chi connectivity index (χ0v) is 30.3. The van der Waals surface area contributed by atoms with Crippen molar-refractivity contribution in [3.63, 3.8) is 0 Å². The number of methoxy groups -OCH3 is 1. The van der Waals surface area contributed by atoms with E-state index in [0.717, 1.165) is 18.2 Å². The normalized spacial score (nSPS) is 27.3. The molecule has 3 fully saturated rings. The second kappa shape index (κ2) is 14.3. The molecule has 6 rings (SSSR count). The fourth-order valence-electron chi connectivity index (χ4n) is 6.80. The van der Waals surface area contributed by atoms with Gasteiger partial charge in [-0.2, -0.15) is 0 Å². The minimum atomic E-state index is -3.88. The van der Waals surface area contributed by atoms with Gasteiger partial charge in [-0.15, -0.1) is 0 Å². The number of nitrogens with zero attached hydrogens (tertiary/aromatic N) is 2. The molecule has 276 valence electrons. The van der Waals surface area contributed by atoms with Gasteiger partial charge in [-0.1, -0.05) is 25.0 Å². The first-order valence-corrected chi connectivity index (χ1v) is 19.2. The van der Waals surface area contributed by atoms with Gasteiger partial charge >= 0.3 is 6.09 Å². The Hall–Kier alpha value is -4.40. The van der Waals surface area contributed by atoms with Crippen LogP contribution in [0.2, 0.25) is 0 Å². The molecule has 2 saturated carbocycles. The number of carbonyl (C=O) groups excluding carboxylic acids is 4. The summed E-state index contributed by atoms with van der Waals surface area (Å²) in [7, 11) is -2.31. The van der Waals surface area contributed by atoms with Crippen LogP contribution in [0.15, 0.2) is 42.6 Å². The largest absolute Gasteiger partial charge is 0.497 e. The quantitative estimate of drug-likeness (QED) is 0.358. The van der Waals surface area contributed by atoms with Crippen LogP contribution in [0.3, 0.4) is 0 Å². The molecule has 2 aliphatic carbocycles. The SMILES string of the molecule is COc1ccc2c(O[C@@H]3C[C@H]4C(=O)N[C@]5(C(=O)NS(=O)(=O)C6CC6)CC5C=CCCCCC[C@H](NC(=O)OC(C)(C)C)C(=O)N4C3)nccc2c1. The van der Waals surface area contributed by atoms with Crippen molar-refractivity contribution in [2.24, 2.45) is 5.92 Å². The van der Waals surface area contributed by atoms with Gasteiger partial charge in [-0.05, 0) is 88.9 Å². The van der Waals surface area contributed by atoms with Crippen LogP contribution in [0.5, 0.6) is 11.6 Å². The fourth-order valence-corrected chi connectivity index (χ4v) is 8.17. The van der Waals surface area contributed by atoms with Crippen molar-refractivity contribution in [1.82, 2.24) is 25.2 Å². The third-order valence-corrected chi connectivity index (χ3v) is 11.6. The van der Waals surface area contributed by atoms with Gasteiger partial charge < -0.3 is 29.7 Å². The molecule has 2 aromatic rings. The number of aromatic nitrogens is 1. The number of carbonyl (C=O) groups is 4. The van der Waals surface area contributed by atoms with Gasteiger partial charge in [-0.25, -0.2) is 18.2 Å². The molecule has 1 saturated heterocycles. The summed E-state index contributed by atoms with van der Waals surface area (Å²) in [5.41, 5.74) is -2.29. The van der Waals surface area contributed by atoms with E-state index in [0.29, 0.717) is 49.1 Å². The Morgan fingerprint density at radius 3 is 2.59 bits per heavy atom. The Bertz CT molecular complexity index is 1820. The lowest BCUT2D eigenvalue weighted by atomic mass is 10.0. The summed E-state index contributed by atoms with van der Waals surface area (Å²) in [6.45, 7) is 5.18. The number of rotatable bonds is 7. The maximum Gasteiger partial charge on any atom is 0.408 e. The Morgan fingerprint density at radius 1 is 1.08 bits per heavy atom. The third kappa shape index (κ3) is 8.40. The van der Waals surface area contributed by atoms with E-state index < -0.39 is 74.3 Å². The second-order valence-electron chi connectivity index (χ2n) is 14.9. The van der Waals surface area contributed by atoms with E-state index in [9.17, 15) is 27.6 Å². The molecule has 1 aromatic heterocycles. The smallest absolute Gasteiger partial charge is 0.408 e. The number of amides is 4. The molecular formula is C36H47N5O9S. The number of sulfonamides is 1. The maximum atomic E-state index is 14.4. The molecule has 3 N–H and O–H groups in total. The van der Waals surface area contributed by atoms with E-state index >= 15 is 0 Å². The monoisotopic (exact) mass is 725 g/mol. The minimum absolute atomic E-state index is 0.00374. The van der Waals surface area contributed by atoms with E-state index in [1.165, 1.54) is 4.90 Å². The first kappa shape index (κ1) is 36.4. The molecule has 0 radical (unpaired) electrons. The number of fused-ring (bicyclic) bond motifs is 3. The molecule has 15 heteroatoms. The lowest BCUT2D eigenvalue weighted by Gasteiger charge is -2.30. The van der Waals surface area contributed by atoms with Crippen molar-refractivity contribution in [2.75, 3.05) is 13.7 Å². The molecule has 14 nitrogen and oxygen atoms in total. The number of ether oxygens (including phenoxy) is 3. The Kier molecular flexibility index (Phi) is 10.2.